The summed E-state index contributed by atoms with van der Waals surface area (Å²) in [6.07, 6.45) is 0.837. The van der Waals surface area contributed by atoms with E-state index in [0.29, 0.717) is 18.1 Å². The summed E-state index contributed by atoms with van der Waals surface area (Å²) in [4.78, 5) is 4.51. The number of nitrogens with one attached hydrogen (secondary N) is 2. The predicted molar refractivity (Wildman–Crippen MR) is 102 cm³/mol. The van der Waals surface area contributed by atoms with Crippen LogP contribution in [0.4, 0.5) is 4.39 Å². The van der Waals surface area contributed by atoms with Crippen LogP contribution in [0.5, 0.6) is 5.75 Å². The number of phenols is 1. The monoisotopic (exact) mass is 361 g/mol. The van der Waals surface area contributed by atoms with Crippen molar-refractivity contribution in [2.45, 2.75) is 46.7 Å². The van der Waals surface area contributed by atoms with E-state index in [9.17, 15) is 9.50 Å². The van der Waals surface area contributed by atoms with E-state index in [-0.39, 0.29) is 11.8 Å². The molecule has 7 heteroatoms. The first-order chi connectivity index (χ1) is 12.3. The van der Waals surface area contributed by atoms with Gasteiger partial charge in [-0.3, -0.25) is 4.68 Å². The van der Waals surface area contributed by atoms with Gasteiger partial charge in [0.2, 0.25) is 0 Å². The first kappa shape index (κ1) is 19.8. The lowest BCUT2D eigenvalue weighted by atomic mass is 10.1. The normalized spacial score (nSPS) is 12.9. The van der Waals surface area contributed by atoms with Gasteiger partial charge < -0.3 is 15.7 Å². The third-order valence-electron chi connectivity index (χ3n) is 4.33. The van der Waals surface area contributed by atoms with Gasteiger partial charge in [0.1, 0.15) is 0 Å². The zero-order chi connectivity index (χ0) is 19.3. The molecule has 0 amide bonds. The van der Waals surface area contributed by atoms with Crippen molar-refractivity contribution in [1.82, 2.24) is 20.4 Å². The van der Waals surface area contributed by atoms with Gasteiger partial charge in [-0.15, -0.1) is 0 Å². The number of aliphatic imine (C=N–C) groups is 1. The molecule has 3 N–H and O–H groups in total. The highest BCUT2D eigenvalue weighted by molar-refractivity contribution is 5.80. The number of guanidine groups is 1. The fourth-order valence-electron chi connectivity index (χ4n) is 2.84. The largest absolute Gasteiger partial charge is 0.505 e. The molecule has 2 aromatic rings. The van der Waals surface area contributed by atoms with Crippen molar-refractivity contribution in [3.8, 4) is 5.75 Å². The summed E-state index contributed by atoms with van der Waals surface area (Å²) in [5.74, 6) is -0.308. The number of hydrogen-bond donors (Lipinski definition) is 3. The highest BCUT2D eigenvalue weighted by Gasteiger charge is 2.14. The van der Waals surface area contributed by atoms with E-state index >= 15 is 0 Å². The number of benzene rings is 1. The summed E-state index contributed by atoms with van der Waals surface area (Å²) < 4.78 is 15.3. The first-order valence-electron chi connectivity index (χ1n) is 8.83. The number of aromatic hydroxyl groups is 1. The minimum atomic E-state index is -0.633. The maximum atomic E-state index is 13.4. The van der Waals surface area contributed by atoms with Crippen molar-refractivity contribution in [1.29, 1.82) is 0 Å². The van der Waals surface area contributed by atoms with Crippen LogP contribution in [0.15, 0.2) is 23.2 Å². The van der Waals surface area contributed by atoms with E-state index in [4.69, 9.17) is 0 Å². The summed E-state index contributed by atoms with van der Waals surface area (Å²) in [6, 6.07) is 4.47. The van der Waals surface area contributed by atoms with Crippen LogP contribution in [0.1, 0.15) is 36.4 Å². The molecule has 2 rings (SSSR count). The Labute approximate surface area is 154 Å². The Morgan fingerprint density at radius 1 is 1.38 bits per heavy atom. The molecule has 142 valence electrons. The van der Waals surface area contributed by atoms with Gasteiger partial charge in [0, 0.05) is 25.3 Å². The third kappa shape index (κ3) is 4.97. The Balaban J connectivity index is 2.05. The third-order valence-corrected chi connectivity index (χ3v) is 4.33. The number of nitrogens with zero attached hydrogens (tertiary/aromatic N) is 3. The van der Waals surface area contributed by atoms with Gasteiger partial charge in [0.25, 0.3) is 0 Å². The molecule has 0 spiro atoms. The molecule has 0 radical (unpaired) electrons. The van der Waals surface area contributed by atoms with Crippen LogP contribution in [-0.2, 0) is 20.0 Å². The number of halogens is 1. The second-order valence-electron chi connectivity index (χ2n) is 6.50. The van der Waals surface area contributed by atoms with Crippen LogP contribution in [-0.4, -0.2) is 33.4 Å². The maximum Gasteiger partial charge on any atom is 0.191 e. The average Bonchev–Trinajstić information content (AvgIpc) is 2.82. The lowest BCUT2D eigenvalue weighted by Crippen LogP contribution is -2.43. The van der Waals surface area contributed by atoms with Gasteiger partial charge in [-0.1, -0.05) is 6.07 Å². The molecule has 0 saturated carbocycles. The fraction of sp³-hybridized carbons (Fsp3) is 0.474. The Morgan fingerprint density at radius 3 is 2.69 bits per heavy atom. The van der Waals surface area contributed by atoms with Crippen molar-refractivity contribution in [3.63, 3.8) is 0 Å². The molecule has 0 fully saturated rings. The topological polar surface area (TPSA) is 74.5 Å². The Kier molecular flexibility index (Phi) is 6.60. The van der Waals surface area contributed by atoms with Crippen LogP contribution in [0.25, 0.3) is 0 Å². The van der Waals surface area contributed by atoms with Crippen molar-refractivity contribution < 1.29 is 9.50 Å². The molecular weight excluding hydrogens is 333 g/mol. The summed E-state index contributed by atoms with van der Waals surface area (Å²) in [5.41, 5.74) is 4.14. The minimum absolute atomic E-state index is 0.158. The Bertz CT molecular complexity index is 784. The molecule has 1 aromatic heterocycles. The number of rotatable bonds is 6. The van der Waals surface area contributed by atoms with Gasteiger partial charge in [-0.05, 0) is 57.4 Å². The summed E-state index contributed by atoms with van der Waals surface area (Å²) >= 11 is 0. The highest BCUT2D eigenvalue weighted by Crippen LogP contribution is 2.17. The van der Waals surface area contributed by atoms with Crippen LogP contribution >= 0.6 is 0 Å². The van der Waals surface area contributed by atoms with Crippen LogP contribution in [0, 0.1) is 19.7 Å². The number of aromatic nitrogens is 2. The lowest BCUT2D eigenvalue weighted by molar-refractivity contribution is 0.432. The van der Waals surface area contributed by atoms with Gasteiger partial charge in [-0.25, -0.2) is 9.38 Å². The molecule has 1 atom stereocenters. The van der Waals surface area contributed by atoms with Gasteiger partial charge in [0.05, 0.1) is 12.2 Å². The minimum Gasteiger partial charge on any atom is -0.505 e. The van der Waals surface area contributed by atoms with E-state index in [1.165, 1.54) is 17.7 Å². The summed E-state index contributed by atoms with van der Waals surface area (Å²) in [5, 5.41) is 20.3. The Morgan fingerprint density at radius 2 is 2.12 bits per heavy atom. The van der Waals surface area contributed by atoms with Gasteiger partial charge in [-0.2, -0.15) is 5.10 Å². The molecule has 26 heavy (non-hydrogen) atoms. The molecular formula is C19H28FN5O. The standard InChI is InChI=1S/C19H28FN5O/c1-6-21-19(22-11-15-7-8-18(26)17(20)10-15)23-12(2)9-16-13(3)24-25(5)14(16)4/h7-8,10,12,26H,6,9,11H2,1-5H3,(H2,21,22,23). The predicted octanol–water partition coefficient (Wildman–Crippen LogP) is 2.57. The van der Waals surface area contributed by atoms with Crippen molar-refractivity contribution in [3.05, 3.63) is 46.5 Å². The highest BCUT2D eigenvalue weighted by atomic mass is 19.1. The van der Waals surface area contributed by atoms with E-state index in [2.05, 4.69) is 34.6 Å². The zero-order valence-corrected chi connectivity index (χ0v) is 16.1. The van der Waals surface area contributed by atoms with Gasteiger partial charge in [0.15, 0.2) is 17.5 Å². The molecule has 0 aliphatic carbocycles. The summed E-state index contributed by atoms with van der Waals surface area (Å²) in [7, 11) is 1.95. The van der Waals surface area contributed by atoms with Crippen molar-refractivity contribution in [2.75, 3.05) is 6.54 Å². The molecule has 0 aliphatic heterocycles. The molecule has 6 nitrogen and oxygen atoms in total. The van der Waals surface area contributed by atoms with Crippen molar-refractivity contribution in [2.24, 2.45) is 12.0 Å². The molecule has 1 heterocycles. The van der Waals surface area contributed by atoms with E-state index < -0.39 is 5.82 Å². The first-order valence-corrected chi connectivity index (χ1v) is 8.83. The van der Waals surface area contributed by atoms with Crippen molar-refractivity contribution >= 4 is 5.96 Å². The lowest BCUT2D eigenvalue weighted by Gasteiger charge is -2.18. The number of hydrogen-bond acceptors (Lipinski definition) is 3. The van der Waals surface area contributed by atoms with Gasteiger partial charge >= 0.3 is 0 Å². The Hall–Kier alpha value is -2.57. The average molecular weight is 361 g/mol. The van der Waals surface area contributed by atoms with Crippen LogP contribution in [0.3, 0.4) is 0 Å². The smallest absolute Gasteiger partial charge is 0.191 e. The zero-order valence-electron chi connectivity index (χ0n) is 16.1. The van der Waals surface area contributed by atoms with E-state index in [0.717, 1.165) is 24.4 Å². The molecule has 1 aromatic carbocycles. The second kappa shape index (κ2) is 8.69. The van der Waals surface area contributed by atoms with E-state index in [1.807, 2.05) is 25.6 Å². The van der Waals surface area contributed by atoms with Crippen LogP contribution < -0.4 is 10.6 Å². The number of aryl methyl sites for hydroxylation is 2. The molecule has 0 saturated heterocycles. The molecule has 0 aliphatic rings. The maximum absolute atomic E-state index is 13.4. The van der Waals surface area contributed by atoms with Crippen LogP contribution in [0.2, 0.25) is 0 Å². The quantitative estimate of drug-likeness (QED) is 0.546. The number of phenolic OH excluding ortho intramolecular Hbond substituents is 1. The fourth-order valence-corrected chi connectivity index (χ4v) is 2.84. The summed E-state index contributed by atoms with van der Waals surface area (Å²) in [6.45, 7) is 9.24. The second-order valence-corrected chi connectivity index (χ2v) is 6.50. The molecule has 1 unspecified atom stereocenters. The molecule has 0 bridgehead atoms. The SMILES string of the molecule is CCNC(=NCc1ccc(O)c(F)c1)NC(C)Cc1c(C)nn(C)c1C. The van der Waals surface area contributed by atoms with E-state index in [1.54, 1.807) is 6.07 Å².